The molecule has 6 nitrogen and oxygen atoms in total. The standard InChI is InChI=1S/C12H13FN2O4/c13-10-4-3-8(6-11(10)15(17)18)12(16)14-9-2-1-5-19-7-9/h3-4,6,9H,1-2,5,7H2,(H,14,16). The van der Waals surface area contributed by atoms with E-state index in [0.29, 0.717) is 13.2 Å². The van der Waals surface area contributed by atoms with E-state index < -0.39 is 22.3 Å². The molecule has 0 bridgehead atoms. The smallest absolute Gasteiger partial charge is 0.305 e. The molecule has 0 aromatic heterocycles. The number of ether oxygens (including phenoxy) is 1. The third kappa shape index (κ3) is 3.25. The molecule has 1 aliphatic rings. The SMILES string of the molecule is O=C(NC1CCCOC1)c1ccc(F)c([N+](=O)[O-])c1. The first kappa shape index (κ1) is 13.4. The third-order valence-corrected chi connectivity index (χ3v) is 2.90. The van der Waals surface area contributed by atoms with Crippen LogP contribution < -0.4 is 5.32 Å². The summed E-state index contributed by atoms with van der Waals surface area (Å²) in [5.74, 6) is -1.42. The van der Waals surface area contributed by atoms with E-state index in [2.05, 4.69) is 5.32 Å². The van der Waals surface area contributed by atoms with Gasteiger partial charge in [0.2, 0.25) is 5.82 Å². The first-order chi connectivity index (χ1) is 9.08. The highest BCUT2D eigenvalue weighted by molar-refractivity contribution is 5.95. The minimum atomic E-state index is -0.956. The molecule has 102 valence electrons. The van der Waals surface area contributed by atoms with Gasteiger partial charge >= 0.3 is 5.69 Å². The van der Waals surface area contributed by atoms with Gasteiger partial charge in [-0.05, 0) is 25.0 Å². The topological polar surface area (TPSA) is 81.5 Å². The molecule has 1 saturated heterocycles. The molecule has 1 unspecified atom stereocenters. The summed E-state index contributed by atoms with van der Waals surface area (Å²) in [6, 6.07) is 2.98. The van der Waals surface area contributed by atoms with Gasteiger partial charge in [0.1, 0.15) is 0 Å². The molecule has 0 radical (unpaired) electrons. The van der Waals surface area contributed by atoms with Crippen LogP contribution in [0.1, 0.15) is 23.2 Å². The Hall–Kier alpha value is -2.02. The molecular weight excluding hydrogens is 255 g/mol. The largest absolute Gasteiger partial charge is 0.379 e. The Balaban J connectivity index is 2.10. The summed E-state index contributed by atoms with van der Waals surface area (Å²) in [5, 5.41) is 13.3. The molecule has 1 heterocycles. The lowest BCUT2D eigenvalue weighted by Crippen LogP contribution is -2.40. The fraction of sp³-hybridized carbons (Fsp3) is 0.417. The molecule has 2 rings (SSSR count). The minimum absolute atomic E-state index is 0.0682. The molecule has 1 aromatic carbocycles. The number of benzene rings is 1. The summed E-state index contributed by atoms with van der Waals surface area (Å²) in [6.07, 6.45) is 1.66. The van der Waals surface area contributed by atoms with Crippen LogP contribution in [0.15, 0.2) is 18.2 Å². The third-order valence-electron chi connectivity index (χ3n) is 2.90. The molecule has 0 spiro atoms. The van der Waals surface area contributed by atoms with E-state index >= 15 is 0 Å². The van der Waals surface area contributed by atoms with Gasteiger partial charge in [0, 0.05) is 18.2 Å². The van der Waals surface area contributed by atoms with Gasteiger partial charge in [0.15, 0.2) is 0 Å². The normalized spacial score (nSPS) is 18.9. The molecule has 0 aliphatic carbocycles. The van der Waals surface area contributed by atoms with Crippen LogP contribution in [0.4, 0.5) is 10.1 Å². The van der Waals surface area contributed by atoms with Crippen molar-refractivity contribution in [3.8, 4) is 0 Å². The Morgan fingerprint density at radius 1 is 1.53 bits per heavy atom. The summed E-state index contributed by atoms with van der Waals surface area (Å²) in [4.78, 5) is 21.6. The molecule has 19 heavy (non-hydrogen) atoms. The number of hydrogen-bond donors (Lipinski definition) is 1. The van der Waals surface area contributed by atoms with Gasteiger partial charge < -0.3 is 10.1 Å². The monoisotopic (exact) mass is 268 g/mol. The molecule has 1 aliphatic heterocycles. The highest BCUT2D eigenvalue weighted by atomic mass is 19.1. The predicted molar refractivity (Wildman–Crippen MR) is 64.4 cm³/mol. The summed E-state index contributed by atoms with van der Waals surface area (Å²) < 4.78 is 18.4. The Morgan fingerprint density at radius 3 is 2.95 bits per heavy atom. The lowest BCUT2D eigenvalue weighted by atomic mass is 10.1. The second kappa shape index (κ2) is 5.75. The number of amides is 1. The maximum absolute atomic E-state index is 13.1. The summed E-state index contributed by atoms with van der Waals surface area (Å²) in [6.45, 7) is 1.10. The van der Waals surface area contributed by atoms with Crippen molar-refractivity contribution in [2.24, 2.45) is 0 Å². The Morgan fingerprint density at radius 2 is 2.32 bits per heavy atom. The lowest BCUT2D eigenvalue weighted by Gasteiger charge is -2.23. The van der Waals surface area contributed by atoms with Crippen LogP contribution in [0.25, 0.3) is 0 Å². The zero-order valence-corrected chi connectivity index (χ0v) is 10.1. The highest BCUT2D eigenvalue weighted by Gasteiger charge is 2.20. The average Bonchev–Trinajstić information content (AvgIpc) is 2.40. The van der Waals surface area contributed by atoms with E-state index in [1.54, 1.807) is 0 Å². The van der Waals surface area contributed by atoms with Crippen LogP contribution in [-0.2, 0) is 4.74 Å². The molecule has 1 aromatic rings. The summed E-state index contributed by atoms with van der Waals surface area (Å²) in [7, 11) is 0. The molecule has 0 saturated carbocycles. The zero-order valence-electron chi connectivity index (χ0n) is 10.1. The fourth-order valence-corrected chi connectivity index (χ4v) is 1.92. The number of hydrogen-bond acceptors (Lipinski definition) is 4. The van der Waals surface area contributed by atoms with Crippen LogP contribution in [0.3, 0.4) is 0 Å². The van der Waals surface area contributed by atoms with E-state index in [-0.39, 0.29) is 11.6 Å². The summed E-state index contributed by atoms with van der Waals surface area (Å²) >= 11 is 0. The maximum atomic E-state index is 13.1. The van der Waals surface area contributed by atoms with Crippen molar-refractivity contribution in [2.75, 3.05) is 13.2 Å². The van der Waals surface area contributed by atoms with Crippen molar-refractivity contribution in [1.29, 1.82) is 0 Å². The number of carbonyl (C=O) groups excluding carboxylic acids is 1. The zero-order chi connectivity index (χ0) is 13.8. The fourth-order valence-electron chi connectivity index (χ4n) is 1.92. The van der Waals surface area contributed by atoms with Crippen molar-refractivity contribution < 1.29 is 18.8 Å². The van der Waals surface area contributed by atoms with Crippen LogP contribution in [0.5, 0.6) is 0 Å². The van der Waals surface area contributed by atoms with Crippen molar-refractivity contribution in [2.45, 2.75) is 18.9 Å². The quantitative estimate of drug-likeness (QED) is 0.667. The number of carbonyl (C=O) groups is 1. The number of nitrogens with one attached hydrogen (secondary N) is 1. The lowest BCUT2D eigenvalue weighted by molar-refractivity contribution is -0.387. The van der Waals surface area contributed by atoms with Crippen molar-refractivity contribution in [1.82, 2.24) is 5.32 Å². The van der Waals surface area contributed by atoms with Gasteiger partial charge in [0.25, 0.3) is 5.91 Å². The average molecular weight is 268 g/mol. The van der Waals surface area contributed by atoms with Gasteiger partial charge in [-0.25, -0.2) is 0 Å². The van der Waals surface area contributed by atoms with E-state index in [9.17, 15) is 19.3 Å². The Labute approximate surface area is 108 Å². The van der Waals surface area contributed by atoms with E-state index in [0.717, 1.165) is 25.0 Å². The minimum Gasteiger partial charge on any atom is -0.379 e. The number of halogens is 1. The van der Waals surface area contributed by atoms with E-state index in [1.165, 1.54) is 6.07 Å². The molecule has 1 fully saturated rings. The number of nitro groups is 1. The van der Waals surface area contributed by atoms with Crippen LogP contribution in [0.2, 0.25) is 0 Å². The highest BCUT2D eigenvalue weighted by Crippen LogP contribution is 2.18. The van der Waals surface area contributed by atoms with Crippen molar-refractivity contribution in [3.63, 3.8) is 0 Å². The molecule has 1 atom stereocenters. The number of nitro benzene ring substituents is 1. The van der Waals surface area contributed by atoms with Crippen LogP contribution in [0, 0.1) is 15.9 Å². The van der Waals surface area contributed by atoms with Gasteiger partial charge in [0.05, 0.1) is 17.6 Å². The molecule has 1 N–H and O–H groups in total. The Bertz CT molecular complexity index is 501. The Kier molecular flexibility index (Phi) is 4.06. The number of nitrogens with zero attached hydrogens (tertiary/aromatic N) is 1. The van der Waals surface area contributed by atoms with Crippen molar-refractivity contribution in [3.05, 3.63) is 39.7 Å². The van der Waals surface area contributed by atoms with Gasteiger partial charge in [-0.15, -0.1) is 0 Å². The first-order valence-electron chi connectivity index (χ1n) is 5.90. The summed E-state index contributed by atoms with van der Waals surface area (Å²) in [5.41, 5.74) is -0.633. The maximum Gasteiger partial charge on any atom is 0.305 e. The second-order valence-corrected chi connectivity index (χ2v) is 4.31. The molecular formula is C12H13FN2O4. The van der Waals surface area contributed by atoms with Gasteiger partial charge in [-0.1, -0.05) is 0 Å². The number of rotatable bonds is 3. The van der Waals surface area contributed by atoms with Crippen LogP contribution in [-0.4, -0.2) is 30.1 Å². The molecule has 7 heteroatoms. The second-order valence-electron chi connectivity index (χ2n) is 4.31. The predicted octanol–water partition coefficient (Wildman–Crippen LogP) is 1.64. The van der Waals surface area contributed by atoms with Crippen molar-refractivity contribution >= 4 is 11.6 Å². The van der Waals surface area contributed by atoms with Gasteiger partial charge in [-0.2, -0.15) is 4.39 Å². The first-order valence-corrected chi connectivity index (χ1v) is 5.90. The van der Waals surface area contributed by atoms with E-state index in [4.69, 9.17) is 4.74 Å². The van der Waals surface area contributed by atoms with E-state index in [1.807, 2.05) is 0 Å². The molecule has 1 amide bonds. The van der Waals surface area contributed by atoms with Crippen LogP contribution >= 0.6 is 0 Å². The van der Waals surface area contributed by atoms with Gasteiger partial charge in [-0.3, -0.25) is 14.9 Å².